The molecule has 0 radical (unpaired) electrons. The average molecular weight is 522 g/mol. The minimum absolute atomic E-state index is 0.0302. The summed E-state index contributed by atoms with van der Waals surface area (Å²) in [5.41, 5.74) is 1.75. The second-order valence-corrected chi connectivity index (χ2v) is 11.6. The molecule has 0 aromatic heterocycles. The third kappa shape index (κ3) is 5.64. The lowest BCUT2D eigenvalue weighted by Gasteiger charge is -2.31. The lowest BCUT2D eigenvalue weighted by atomic mass is 10.1. The number of amides is 2. The standard InChI is InChI=1S/C29H35N3O4S/c1-4-24(29(34)30-21(2)3)31(20-18-22-11-6-5-7-12-22)27(33)17-10-19-32-25-15-8-13-23-14-9-16-26(28(23)25)37(32,35)36/h5-9,11-16,21,24H,4,10,17-20H2,1-3H3,(H,30,34)/t24-/m1/s1. The molecule has 0 aliphatic carbocycles. The first-order valence-electron chi connectivity index (χ1n) is 12.9. The largest absolute Gasteiger partial charge is 0.352 e. The number of carbonyl (C=O) groups excluding carboxylic acids is 2. The van der Waals surface area contributed by atoms with Crippen LogP contribution in [0.2, 0.25) is 0 Å². The molecule has 0 fully saturated rings. The zero-order valence-corrected chi connectivity index (χ0v) is 22.5. The number of benzene rings is 3. The Morgan fingerprint density at radius 3 is 2.35 bits per heavy atom. The molecule has 4 rings (SSSR count). The second kappa shape index (κ2) is 11.3. The quantitative estimate of drug-likeness (QED) is 0.402. The maximum Gasteiger partial charge on any atom is 0.265 e. The van der Waals surface area contributed by atoms with Crippen LogP contribution < -0.4 is 9.62 Å². The molecule has 196 valence electrons. The van der Waals surface area contributed by atoms with Crippen molar-refractivity contribution in [1.82, 2.24) is 10.2 Å². The van der Waals surface area contributed by atoms with E-state index in [1.165, 1.54) is 4.31 Å². The molecule has 3 aromatic carbocycles. The predicted octanol–water partition coefficient (Wildman–Crippen LogP) is 4.50. The van der Waals surface area contributed by atoms with E-state index in [2.05, 4.69) is 5.32 Å². The summed E-state index contributed by atoms with van der Waals surface area (Å²) in [4.78, 5) is 28.4. The molecule has 0 spiro atoms. The third-order valence-electron chi connectivity index (χ3n) is 6.73. The van der Waals surface area contributed by atoms with Gasteiger partial charge in [0.05, 0.1) is 10.6 Å². The maximum absolute atomic E-state index is 13.5. The minimum atomic E-state index is -3.67. The summed E-state index contributed by atoms with van der Waals surface area (Å²) in [6, 6.07) is 20.1. The zero-order valence-electron chi connectivity index (χ0n) is 21.7. The van der Waals surface area contributed by atoms with Crippen LogP contribution in [-0.4, -0.2) is 50.3 Å². The second-order valence-electron chi connectivity index (χ2n) is 9.72. The van der Waals surface area contributed by atoms with Gasteiger partial charge in [-0.25, -0.2) is 8.42 Å². The lowest BCUT2D eigenvalue weighted by Crippen LogP contribution is -2.51. The number of hydrogen-bond acceptors (Lipinski definition) is 4. The number of nitrogens with zero attached hydrogens (tertiary/aromatic N) is 2. The van der Waals surface area contributed by atoms with Crippen LogP contribution in [0.5, 0.6) is 0 Å². The summed E-state index contributed by atoms with van der Waals surface area (Å²) in [5.74, 6) is -0.308. The highest BCUT2D eigenvalue weighted by atomic mass is 32.2. The Labute approximate surface area is 219 Å². The number of sulfonamides is 1. The molecule has 1 N–H and O–H groups in total. The van der Waals surface area contributed by atoms with Gasteiger partial charge in [-0.2, -0.15) is 0 Å². The summed E-state index contributed by atoms with van der Waals surface area (Å²) in [5, 5.41) is 4.55. The normalized spacial score (nSPS) is 14.6. The Kier molecular flexibility index (Phi) is 8.17. The molecule has 37 heavy (non-hydrogen) atoms. The molecular formula is C29H35N3O4S. The van der Waals surface area contributed by atoms with Gasteiger partial charge in [-0.15, -0.1) is 0 Å². The van der Waals surface area contributed by atoms with Crippen LogP contribution in [0.1, 0.15) is 45.6 Å². The molecule has 1 aliphatic heterocycles. The fourth-order valence-electron chi connectivity index (χ4n) is 4.99. The molecule has 1 heterocycles. The summed E-state index contributed by atoms with van der Waals surface area (Å²) in [7, 11) is -3.67. The Balaban J connectivity index is 1.48. The van der Waals surface area contributed by atoms with Gasteiger partial charge in [-0.1, -0.05) is 61.5 Å². The molecule has 0 saturated heterocycles. The monoisotopic (exact) mass is 521 g/mol. The van der Waals surface area contributed by atoms with E-state index < -0.39 is 16.1 Å². The Hall–Kier alpha value is -3.39. The average Bonchev–Trinajstić information content (AvgIpc) is 3.09. The van der Waals surface area contributed by atoms with E-state index in [9.17, 15) is 18.0 Å². The maximum atomic E-state index is 13.5. The van der Waals surface area contributed by atoms with E-state index >= 15 is 0 Å². The molecule has 1 aliphatic rings. The first-order chi connectivity index (χ1) is 17.7. The van der Waals surface area contributed by atoms with E-state index in [0.717, 1.165) is 16.3 Å². The Bertz CT molecular complexity index is 1370. The SMILES string of the molecule is CC[C@H](C(=O)NC(C)C)N(CCc1ccccc1)C(=O)CCCN1c2cccc3cccc(c23)S1(=O)=O. The van der Waals surface area contributed by atoms with Crippen molar-refractivity contribution < 1.29 is 18.0 Å². The summed E-state index contributed by atoms with van der Waals surface area (Å²) in [6.07, 6.45) is 1.64. The molecule has 8 heteroatoms. The van der Waals surface area contributed by atoms with Crippen molar-refractivity contribution in [2.75, 3.05) is 17.4 Å². The highest BCUT2D eigenvalue weighted by Crippen LogP contribution is 2.42. The van der Waals surface area contributed by atoms with Gasteiger partial charge in [0.25, 0.3) is 10.0 Å². The number of nitrogens with one attached hydrogen (secondary N) is 1. The highest BCUT2D eigenvalue weighted by molar-refractivity contribution is 7.93. The molecule has 2 amide bonds. The van der Waals surface area contributed by atoms with Gasteiger partial charge in [-0.05, 0) is 56.2 Å². The number of anilines is 1. The van der Waals surface area contributed by atoms with E-state index in [-0.39, 0.29) is 30.8 Å². The van der Waals surface area contributed by atoms with Crippen molar-refractivity contribution in [3.8, 4) is 0 Å². The van der Waals surface area contributed by atoms with Crippen molar-refractivity contribution in [1.29, 1.82) is 0 Å². The fraction of sp³-hybridized carbons (Fsp3) is 0.379. The fourth-order valence-corrected chi connectivity index (χ4v) is 6.74. The minimum Gasteiger partial charge on any atom is -0.352 e. The van der Waals surface area contributed by atoms with Gasteiger partial charge in [0, 0.05) is 30.9 Å². The lowest BCUT2D eigenvalue weighted by molar-refractivity contribution is -0.141. The summed E-state index contributed by atoms with van der Waals surface area (Å²) < 4.78 is 27.9. The van der Waals surface area contributed by atoms with Crippen molar-refractivity contribution in [2.24, 2.45) is 0 Å². The number of rotatable bonds is 11. The highest BCUT2D eigenvalue weighted by Gasteiger charge is 2.35. The first-order valence-corrected chi connectivity index (χ1v) is 14.4. The van der Waals surface area contributed by atoms with E-state index in [4.69, 9.17) is 0 Å². The van der Waals surface area contributed by atoms with E-state index in [1.54, 1.807) is 17.0 Å². The summed E-state index contributed by atoms with van der Waals surface area (Å²) >= 11 is 0. The van der Waals surface area contributed by atoms with Crippen LogP contribution in [0.15, 0.2) is 71.6 Å². The third-order valence-corrected chi connectivity index (χ3v) is 8.59. The van der Waals surface area contributed by atoms with E-state index in [1.807, 2.05) is 75.4 Å². The van der Waals surface area contributed by atoms with Crippen LogP contribution in [0, 0.1) is 0 Å². The van der Waals surface area contributed by atoms with Crippen LogP contribution >= 0.6 is 0 Å². The smallest absolute Gasteiger partial charge is 0.265 e. The van der Waals surface area contributed by atoms with Gasteiger partial charge >= 0.3 is 0 Å². The molecule has 0 bridgehead atoms. The molecule has 1 atom stereocenters. The van der Waals surface area contributed by atoms with Gasteiger partial charge in [-0.3, -0.25) is 13.9 Å². The Morgan fingerprint density at radius 2 is 1.68 bits per heavy atom. The van der Waals surface area contributed by atoms with Crippen molar-refractivity contribution in [3.05, 3.63) is 72.3 Å². The molecule has 0 saturated carbocycles. The molecule has 0 unspecified atom stereocenters. The number of carbonyl (C=O) groups is 2. The zero-order chi connectivity index (χ0) is 26.6. The van der Waals surface area contributed by atoms with Gasteiger partial charge in [0.1, 0.15) is 6.04 Å². The topological polar surface area (TPSA) is 86.8 Å². The van der Waals surface area contributed by atoms with Crippen molar-refractivity contribution in [2.45, 2.75) is 63.4 Å². The molecule has 7 nitrogen and oxygen atoms in total. The summed E-state index contributed by atoms with van der Waals surface area (Å²) in [6.45, 7) is 6.32. The van der Waals surface area contributed by atoms with Gasteiger partial charge in [0.2, 0.25) is 11.8 Å². The van der Waals surface area contributed by atoms with E-state index in [0.29, 0.717) is 36.4 Å². The van der Waals surface area contributed by atoms with Crippen LogP contribution in [0.25, 0.3) is 10.8 Å². The van der Waals surface area contributed by atoms with Crippen LogP contribution in [0.3, 0.4) is 0 Å². The Morgan fingerprint density at radius 1 is 0.973 bits per heavy atom. The first kappa shape index (κ1) is 26.7. The number of hydrogen-bond donors (Lipinski definition) is 1. The van der Waals surface area contributed by atoms with Crippen LogP contribution in [-0.2, 0) is 26.0 Å². The van der Waals surface area contributed by atoms with Crippen molar-refractivity contribution in [3.63, 3.8) is 0 Å². The van der Waals surface area contributed by atoms with Crippen molar-refractivity contribution >= 4 is 38.3 Å². The van der Waals surface area contributed by atoms with Crippen LogP contribution in [0.4, 0.5) is 5.69 Å². The molecule has 3 aromatic rings. The van der Waals surface area contributed by atoms with Gasteiger partial charge < -0.3 is 10.2 Å². The predicted molar refractivity (Wildman–Crippen MR) is 147 cm³/mol. The van der Waals surface area contributed by atoms with Gasteiger partial charge in [0.15, 0.2) is 0 Å². The molecular weight excluding hydrogens is 486 g/mol.